The number of benzene rings is 1. The number of halogens is 2. The average molecular weight is 296 g/mol. The summed E-state index contributed by atoms with van der Waals surface area (Å²) in [7, 11) is 0. The first-order valence-electron chi connectivity index (χ1n) is 3.21. The summed E-state index contributed by atoms with van der Waals surface area (Å²) in [5, 5.41) is 9.21. The molecule has 0 spiro atoms. The Balaban J connectivity index is 3.37. The molecule has 0 aliphatic carbocycles. The molecule has 0 aromatic heterocycles. The van der Waals surface area contributed by atoms with Crippen molar-refractivity contribution < 1.29 is 9.90 Å². The van der Waals surface area contributed by atoms with Crippen molar-refractivity contribution in [1.29, 1.82) is 0 Å². The number of hydrogen-bond donors (Lipinski definition) is 1. The van der Waals surface area contributed by atoms with Crippen LogP contribution in [0.3, 0.4) is 0 Å². The summed E-state index contributed by atoms with van der Waals surface area (Å²) in [5.74, 6) is -0.937. The van der Waals surface area contributed by atoms with E-state index in [0.717, 1.165) is 9.13 Å². The zero-order valence-corrected chi connectivity index (χ0v) is 9.18. The Morgan fingerprint density at radius 1 is 1.58 bits per heavy atom. The van der Waals surface area contributed by atoms with Crippen LogP contribution < -0.4 is 0 Å². The molecule has 0 unspecified atom stereocenters. The molecule has 0 amide bonds. The van der Waals surface area contributed by atoms with Gasteiger partial charge in [0.2, 0.25) is 0 Å². The predicted molar refractivity (Wildman–Crippen MR) is 55.9 cm³/mol. The maximum atomic E-state index is 10.7. The Hall–Kier alpha value is -0.290. The molecule has 0 bridgehead atoms. The summed E-state index contributed by atoms with van der Waals surface area (Å²) in [6, 6.07) is 3.20. The van der Waals surface area contributed by atoms with Crippen LogP contribution in [-0.2, 0) is 0 Å². The highest BCUT2D eigenvalue weighted by atomic mass is 127. The van der Waals surface area contributed by atoms with Crippen molar-refractivity contribution in [2.45, 2.75) is 6.92 Å². The molecule has 0 heterocycles. The minimum Gasteiger partial charge on any atom is -0.478 e. The first-order chi connectivity index (χ1) is 5.52. The highest BCUT2D eigenvalue weighted by molar-refractivity contribution is 14.1. The largest absolute Gasteiger partial charge is 0.478 e. The van der Waals surface area contributed by atoms with Gasteiger partial charge in [0.25, 0.3) is 0 Å². The fourth-order valence-electron chi connectivity index (χ4n) is 0.868. The zero-order valence-electron chi connectivity index (χ0n) is 6.27. The molecule has 1 N–H and O–H groups in total. The minimum atomic E-state index is -0.937. The van der Waals surface area contributed by atoms with Crippen LogP contribution >= 0.6 is 34.2 Å². The molecule has 0 radical (unpaired) electrons. The zero-order chi connectivity index (χ0) is 9.30. The van der Waals surface area contributed by atoms with Gasteiger partial charge in [-0.15, -0.1) is 0 Å². The first kappa shape index (κ1) is 9.80. The molecule has 0 aliphatic rings. The van der Waals surface area contributed by atoms with Crippen molar-refractivity contribution in [1.82, 2.24) is 0 Å². The summed E-state index contributed by atoms with van der Waals surface area (Å²) in [6.07, 6.45) is 0. The van der Waals surface area contributed by atoms with Crippen LogP contribution in [0.4, 0.5) is 0 Å². The fraction of sp³-hybridized carbons (Fsp3) is 0.125. The van der Waals surface area contributed by atoms with Gasteiger partial charge in [-0.3, -0.25) is 0 Å². The molecule has 0 saturated carbocycles. The van der Waals surface area contributed by atoms with E-state index < -0.39 is 5.97 Å². The molecule has 0 aliphatic heterocycles. The van der Waals surface area contributed by atoms with Crippen LogP contribution in [-0.4, -0.2) is 11.1 Å². The Morgan fingerprint density at radius 3 is 2.67 bits per heavy atom. The highest BCUT2D eigenvalue weighted by Crippen LogP contribution is 2.21. The molecule has 1 rings (SSSR count). The Bertz CT molecular complexity index is 336. The van der Waals surface area contributed by atoms with E-state index in [4.69, 9.17) is 16.7 Å². The Morgan fingerprint density at radius 2 is 2.17 bits per heavy atom. The second-order valence-corrected chi connectivity index (χ2v) is 3.96. The molecular weight excluding hydrogens is 290 g/mol. The van der Waals surface area contributed by atoms with Crippen LogP contribution in [0, 0.1) is 10.5 Å². The molecule has 64 valence electrons. The monoisotopic (exact) mass is 296 g/mol. The van der Waals surface area contributed by atoms with Gasteiger partial charge in [0, 0.05) is 8.59 Å². The fourth-order valence-corrected chi connectivity index (χ4v) is 1.90. The second-order valence-electron chi connectivity index (χ2n) is 2.37. The van der Waals surface area contributed by atoms with E-state index in [9.17, 15) is 4.79 Å². The van der Waals surface area contributed by atoms with E-state index in [1.54, 1.807) is 13.0 Å². The molecule has 2 nitrogen and oxygen atoms in total. The standard InChI is InChI=1S/C8H6ClIO2/c1-4-6(8(11)12)2-5(9)3-7(4)10/h2-3H,1H3,(H,11,12). The number of carboxylic acid groups (broad SMARTS) is 1. The lowest BCUT2D eigenvalue weighted by molar-refractivity contribution is 0.0696. The van der Waals surface area contributed by atoms with E-state index in [-0.39, 0.29) is 5.56 Å². The van der Waals surface area contributed by atoms with Crippen LogP contribution in [0.5, 0.6) is 0 Å². The summed E-state index contributed by atoms with van der Waals surface area (Å²) < 4.78 is 0.873. The minimum absolute atomic E-state index is 0.270. The number of rotatable bonds is 1. The SMILES string of the molecule is Cc1c(I)cc(Cl)cc1C(=O)O. The number of carbonyl (C=O) groups is 1. The van der Waals surface area contributed by atoms with Crippen molar-refractivity contribution >= 4 is 40.2 Å². The third kappa shape index (κ3) is 1.90. The van der Waals surface area contributed by atoms with E-state index in [1.807, 2.05) is 0 Å². The van der Waals surface area contributed by atoms with Crippen molar-refractivity contribution in [3.05, 3.63) is 31.9 Å². The average Bonchev–Trinajstić information content (AvgIpc) is 1.96. The maximum absolute atomic E-state index is 10.7. The highest BCUT2D eigenvalue weighted by Gasteiger charge is 2.10. The lowest BCUT2D eigenvalue weighted by Crippen LogP contribution is -2.00. The molecule has 1 aromatic rings. The predicted octanol–water partition coefficient (Wildman–Crippen LogP) is 2.95. The van der Waals surface area contributed by atoms with Crippen molar-refractivity contribution in [3.63, 3.8) is 0 Å². The number of hydrogen-bond acceptors (Lipinski definition) is 1. The van der Waals surface area contributed by atoms with E-state index in [1.165, 1.54) is 6.07 Å². The summed E-state index contributed by atoms with van der Waals surface area (Å²) in [6.45, 7) is 1.77. The van der Waals surface area contributed by atoms with Gasteiger partial charge in [0.15, 0.2) is 0 Å². The van der Waals surface area contributed by atoms with Crippen LogP contribution in [0.1, 0.15) is 15.9 Å². The molecule has 4 heteroatoms. The third-order valence-corrected chi connectivity index (χ3v) is 2.88. The maximum Gasteiger partial charge on any atom is 0.336 e. The van der Waals surface area contributed by atoms with Gasteiger partial charge in [-0.2, -0.15) is 0 Å². The molecule has 0 atom stereocenters. The molecule has 0 fully saturated rings. The third-order valence-electron chi connectivity index (χ3n) is 1.54. The molecule has 1 aromatic carbocycles. The number of aromatic carboxylic acids is 1. The van der Waals surface area contributed by atoms with Gasteiger partial charge in [-0.1, -0.05) is 11.6 Å². The van der Waals surface area contributed by atoms with Crippen LogP contribution in [0.15, 0.2) is 12.1 Å². The normalized spacial score (nSPS) is 9.92. The first-order valence-corrected chi connectivity index (χ1v) is 4.67. The quantitative estimate of drug-likeness (QED) is 0.809. The van der Waals surface area contributed by atoms with Crippen molar-refractivity contribution in [3.8, 4) is 0 Å². The topological polar surface area (TPSA) is 37.3 Å². The van der Waals surface area contributed by atoms with Gasteiger partial charge in [-0.05, 0) is 47.2 Å². The van der Waals surface area contributed by atoms with Crippen molar-refractivity contribution in [2.24, 2.45) is 0 Å². The summed E-state index contributed by atoms with van der Waals surface area (Å²) in [5.41, 5.74) is 1.03. The summed E-state index contributed by atoms with van der Waals surface area (Å²) >= 11 is 7.76. The smallest absolute Gasteiger partial charge is 0.336 e. The summed E-state index contributed by atoms with van der Waals surface area (Å²) in [4.78, 5) is 10.7. The Labute approximate surface area is 88.7 Å². The van der Waals surface area contributed by atoms with Gasteiger partial charge in [0.05, 0.1) is 5.56 Å². The van der Waals surface area contributed by atoms with Crippen LogP contribution in [0.25, 0.3) is 0 Å². The van der Waals surface area contributed by atoms with Gasteiger partial charge in [0.1, 0.15) is 0 Å². The molecule has 0 saturated heterocycles. The molecular formula is C8H6ClIO2. The van der Waals surface area contributed by atoms with Crippen LogP contribution in [0.2, 0.25) is 5.02 Å². The van der Waals surface area contributed by atoms with E-state index >= 15 is 0 Å². The van der Waals surface area contributed by atoms with Gasteiger partial charge >= 0.3 is 5.97 Å². The van der Waals surface area contributed by atoms with Crippen molar-refractivity contribution in [2.75, 3.05) is 0 Å². The second kappa shape index (κ2) is 3.62. The molecule has 12 heavy (non-hydrogen) atoms. The van der Waals surface area contributed by atoms with E-state index in [2.05, 4.69) is 22.6 Å². The van der Waals surface area contributed by atoms with Gasteiger partial charge < -0.3 is 5.11 Å². The lowest BCUT2D eigenvalue weighted by Gasteiger charge is -2.03. The lowest BCUT2D eigenvalue weighted by atomic mass is 10.1. The van der Waals surface area contributed by atoms with E-state index in [0.29, 0.717) is 5.02 Å². The Kier molecular flexibility index (Phi) is 2.95. The van der Waals surface area contributed by atoms with Gasteiger partial charge in [-0.25, -0.2) is 4.79 Å². The number of carboxylic acids is 1.